The second-order valence-electron chi connectivity index (χ2n) is 16.0. The minimum absolute atomic E-state index is 0.208. The molecule has 0 radical (unpaired) electrons. The van der Waals surface area contributed by atoms with Crippen LogP contribution in [0.3, 0.4) is 0 Å². The van der Waals surface area contributed by atoms with Gasteiger partial charge in [-0.25, -0.2) is 0 Å². The number of hydrogen-bond acceptors (Lipinski definition) is 0. The molecule has 49 heavy (non-hydrogen) atoms. The minimum atomic E-state index is 0.208. The van der Waals surface area contributed by atoms with Crippen molar-refractivity contribution in [1.82, 2.24) is 4.57 Å². The number of rotatable bonds is 2. The molecule has 232 valence electrons. The fraction of sp³-hybridized carbons (Fsp3) is 0.208. The van der Waals surface area contributed by atoms with Gasteiger partial charge in [0.05, 0.1) is 16.7 Å². The third kappa shape index (κ3) is 2.73. The Kier molecular flexibility index (Phi) is 4.49. The summed E-state index contributed by atoms with van der Waals surface area (Å²) < 4.78 is 2.54. The molecule has 6 unspecified atom stereocenters. The van der Waals surface area contributed by atoms with Crippen molar-refractivity contribution in [2.75, 3.05) is 0 Å². The van der Waals surface area contributed by atoms with Gasteiger partial charge in [-0.15, -0.1) is 0 Å². The molecule has 4 fully saturated rings. The molecular formula is C48H35N. The van der Waals surface area contributed by atoms with Crippen LogP contribution >= 0.6 is 0 Å². The van der Waals surface area contributed by atoms with Crippen molar-refractivity contribution in [3.63, 3.8) is 0 Å². The van der Waals surface area contributed by atoms with Crippen LogP contribution < -0.4 is 0 Å². The van der Waals surface area contributed by atoms with Crippen LogP contribution in [0.1, 0.15) is 36.8 Å². The summed E-state index contributed by atoms with van der Waals surface area (Å²) in [7, 11) is 0. The van der Waals surface area contributed by atoms with Crippen LogP contribution in [0.5, 0.6) is 0 Å². The largest absolute Gasteiger partial charge is 0.309 e. The molecule has 6 atom stereocenters. The summed E-state index contributed by atoms with van der Waals surface area (Å²) in [6, 6.07) is 53.3. The molecule has 5 aliphatic rings. The van der Waals surface area contributed by atoms with Gasteiger partial charge in [-0.3, -0.25) is 0 Å². The molecule has 2 bridgehead atoms. The first-order chi connectivity index (χ1) is 24.3. The molecule has 1 heterocycles. The van der Waals surface area contributed by atoms with Crippen molar-refractivity contribution >= 4 is 43.4 Å². The third-order valence-electron chi connectivity index (χ3n) is 14.6. The van der Waals surface area contributed by atoms with E-state index in [-0.39, 0.29) is 5.41 Å². The predicted octanol–water partition coefficient (Wildman–Crippen LogP) is 12.1. The number of para-hydroxylation sites is 1. The van der Waals surface area contributed by atoms with Gasteiger partial charge < -0.3 is 4.57 Å². The smallest absolute Gasteiger partial charge is 0.0547 e. The average molecular weight is 626 g/mol. The van der Waals surface area contributed by atoms with E-state index in [0.29, 0.717) is 5.41 Å². The Hall–Kier alpha value is -5.14. The van der Waals surface area contributed by atoms with Gasteiger partial charge in [0.15, 0.2) is 0 Å². The molecule has 13 rings (SSSR count). The van der Waals surface area contributed by atoms with Crippen molar-refractivity contribution in [3.8, 4) is 27.9 Å². The second-order valence-corrected chi connectivity index (χ2v) is 16.0. The van der Waals surface area contributed by atoms with Gasteiger partial charge in [0.2, 0.25) is 0 Å². The summed E-state index contributed by atoms with van der Waals surface area (Å²) in [5.41, 5.74) is 13.7. The summed E-state index contributed by atoms with van der Waals surface area (Å²) in [5.74, 6) is 3.60. The lowest BCUT2D eigenvalue weighted by Gasteiger charge is -2.76. The number of benzene rings is 7. The SMILES string of the molecule is c1ccc2c(c1)-c1c(-c3cccc4c3c3ccccc3n4-c3cc4ccccc4c4ccccc34)cccc1C21C2CC3CC4CC1C42C3. The van der Waals surface area contributed by atoms with Gasteiger partial charge in [0.25, 0.3) is 0 Å². The number of hydrogen-bond donors (Lipinski definition) is 0. The van der Waals surface area contributed by atoms with Gasteiger partial charge in [0, 0.05) is 21.6 Å². The minimum Gasteiger partial charge on any atom is -0.309 e. The van der Waals surface area contributed by atoms with E-state index in [2.05, 4.69) is 144 Å². The number of nitrogens with zero attached hydrogens (tertiary/aromatic N) is 1. The zero-order valence-corrected chi connectivity index (χ0v) is 27.4. The van der Waals surface area contributed by atoms with Gasteiger partial charge >= 0.3 is 0 Å². The van der Waals surface area contributed by atoms with Crippen molar-refractivity contribution in [2.45, 2.75) is 31.1 Å². The Morgan fingerprint density at radius 2 is 1.18 bits per heavy atom. The highest BCUT2D eigenvalue weighted by Gasteiger charge is 2.84. The van der Waals surface area contributed by atoms with Crippen LogP contribution in [0.4, 0.5) is 0 Å². The van der Waals surface area contributed by atoms with E-state index in [0.717, 1.165) is 23.7 Å². The molecule has 5 aliphatic carbocycles. The van der Waals surface area contributed by atoms with Crippen molar-refractivity contribution in [3.05, 3.63) is 151 Å². The molecule has 1 nitrogen and oxygen atoms in total. The molecule has 0 aliphatic heterocycles. The Morgan fingerprint density at radius 1 is 0.510 bits per heavy atom. The lowest BCUT2D eigenvalue weighted by Crippen LogP contribution is -2.73. The van der Waals surface area contributed by atoms with E-state index >= 15 is 0 Å². The quantitative estimate of drug-likeness (QED) is 0.168. The van der Waals surface area contributed by atoms with E-state index < -0.39 is 0 Å². The average Bonchev–Trinajstić information content (AvgIpc) is 3.87. The third-order valence-corrected chi connectivity index (χ3v) is 14.6. The molecule has 1 heteroatoms. The normalized spacial score (nSPS) is 28.2. The zero-order valence-electron chi connectivity index (χ0n) is 27.4. The van der Waals surface area contributed by atoms with Crippen molar-refractivity contribution < 1.29 is 0 Å². The Morgan fingerprint density at radius 3 is 2.10 bits per heavy atom. The van der Waals surface area contributed by atoms with Crippen molar-refractivity contribution in [1.29, 1.82) is 0 Å². The Labute approximate surface area is 285 Å². The maximum atomic E-state index is 2.54. The van der Waals surface area contributed by atoms with Crippen molar-refractivity contribution in [2.24, 2.45) is 29.1 Å². The molecular weight excluding hydrogens is 591 g/mol. The van der Waals surface area contributed by atoms with Crippen LogP contribution in [0.2, 0.25) is 0 Å². The highest BCUT2D eigenvalue weighted by molar-refractivity contribution is 6.19. The summed E-state index contributed by atoms with van der Waals surface area (Å²) >= 11 is 0. The summed E-state index contributed by atoms with van der Waals surface area (Å²) in [4.78, 5) is 0. The molecule has 0 saturated heterocycles. The maximum Gasteiger partial charge on any atom is 0.0547 e. The molecule has 1 aromatic heterocycles. The predicted molar refractivity (Wildman–Crippen MR) is 202 cm³/mol. The number of aromatic nitrogens is 1. The molecule has 2 spiro atoms. The number of fused-ring (bicyclic) bond motifs is 14. The molecule has 7 aromatic carbocycles. The van der Waals surface area contributed by atoms with E-state index in [4.69, 9.17) is 0 Å². The Bertz CT molecular complexity index is 2780. The monoisotopic (exact) mass is 625 g/mol. The molecule has 0 amide bonds. The van der Waals surface area contributed by atoms with Gasteiger partial charge in [0.1, 0.15) is 0 Å². The van der Waals surface area contributed by atoms with Crippen LogP contribution in [0, 0.1) is 29.1 Å². The van der Waals surface area contributed by atoms with Gasteiger partial charge in [-0.1, -0.05) is 121 Å². The van der Waals surface area contributed by atoms with E-state index in [1.165, 1.54) is 97.0 Å². The standard InChI is InChI=1S/C48H35N/c1-2-12-31-29(11-1)25-42(33-14-4-3-13-32(31)33)49-40-21-8-6-16-37(40)46-35(18-10-22-41(46)49)34-17-9-20-39-45(34)36-15-5-7-19-38(36)48(39)43-24-28-23-30-26-44(48)47(30,43)27-28/h1-22,25,28,30,43-44H,23-24,26-27H2. The molecule has 0 N–H and O–H groups in total. The topological polar surface area (TPSA) is 4.93 Å². The van der Waals surface area contributed by atoms with Crippen LogP contribution in [-0.2, 0) is 5.41 Å². The first kappa shape index (κ1) is 25.8. The summed E-state index contributed by atoms with van der Waals surface area (Å²) in [6.07, 6.45) is 5.89. The summed E-state index contributed by atoms with van der Waals surface area (Å²) in [6.45, 7) is 0. The van der Waals surface area contributed by atoms with Crippen LogP contribution in [-0.4, -0.2) is 4.57 Å². The van der Waals surface area contributed by atoms with E-state index in [1.54, 1.807) is 11.1 Å². The first-order valence-electron chi connectivity index (χ1n) is 18.5. The lowest BCUT2D eigenvalue weighted by molar-refractivity contribution is -0.231. The molecule has 8 aromatic rings. The lowest BCUT2D eigenvalue weighted by atomic mass is 9.27. The fourth-order valence-electron chi connectivity index (χ4n) is 13.3. The highest BCUT2D eigenvalue weighted by atomic mass is 15.0. The maximum absolute atomic E-state index is 2.54. The van der Waals surface area contributed by atoms with Gasteiger partial charge in [-0.2, -0.15) is 0 Å². The molecule has 4 saturated carbocycles. The van der Waals surface area contributed by atoms with Crippen LogP contribution in [0.15, 0.2) is 140 Å². The van der Waals surface area contributed by atoms with Crippen LogP contribution in [0.25, 0.3) is 71.3 Å². The fourth-order valence-corrected chi connectivity index (χ4v) is 13.3. The van der Waals surface area contributed by atoms with Gasteiger partial charge in [-0.05, 0) is 123 Å². The zero-order chi connectivity index (χ0) is 31.6. The second kappa shape index (κ2) is 8.52. The van der Waals surface area contributed by atoms with E-state index in [9.17, 15) is 0 Å². The highest BCUT2D eigenvalue weighted by Crippen LogP contribution is 2.89. The van der Waals surface area contributed by atoms with E-state index in [1.807, 2.05) is 0 Å². The first-order valence-corrected chi connectivity index (χ1v) is 18.5. The Balaban J connectivity index is 1.11. The summed E-state index contributed by atoms with van der Waals surface area (Å²) in [5, 5.41) is 7.85.